The number of nitrogens with zero attached hydrogens (tertiary/aromatic N) is 3. The van der Waals surface area contributed by atoms with Crippen molar-refractivity contribution in [2.75, 3.05) is 12.8 Å². The third kappa shape index (κ3) is 3.65. The van der Waals surface area contributed by atoms with Crippen molar-refractivity contribution in [1.82, 2.24) is 30.4 Å². The smallest absolute Gasteiger partial charge is 0.272 e. The molecule has 1 aromatic carbocycles. The fourth-order valence-corrected chi connectivity index (χ4v) is 3.65. The molecule has 3 heterocycles. The third-order valence-electron chi connectivity index (χ3n) is 4.74. The Morgan fingerprint density at radius 3 is 2.82 bits per heavy atom. The zero-order chi connectivity index (χ0) is 19.5. The van der Waals surface area contributed by atoms with Crippen molar-refractivity contribution in [3.05, 3.63) is 65.0 Å². The lowest BCUT2D eigenvalue weighted by Gasteiger charge is -2.27. The lowest BCUT2D eigenvalue weighted by Crippen LogP contribution is -2.36. The van der Waals surface area contributed by atoms with Gasteiger partial charge in [0.2, 0.25) is 0 Å². The topological polar surface area (TPSA) is 107 Å². The minimum Gasteiger partial charge on any atom is -0.347 e. The van der Waals surface area contributed by atoms with Crippen LogP contribution in [0.15, 0.2) is 41.6 Å². The summed E-state index contributed by atoms with van der Waals surface area (Å²) in [5.74, 6) is 0.417. The standard InChI is InChI=1S/C19H20N6O2S/c1-28-13-4-2-12(3-5-13)19(27)25-9-6-14-15(11-25)23-24-17(14)18(26)22-10-16-20-7-8-21-16/h2-5,7-8H,6,9-11H2,1H3,(H,20,21)(H,22,26)(H,23,24). The summed E-state index contributed by atoms with van der Waals surface area (Å²) in [6.07, 6.45) is 5.93. The summed E-state index contributed by atoms with van der Waals surface area (Å²) in [4.78, 5) is 35.2. The Labute approximate surface area is 166 Å². The number of fused-ring (bicyclic) bond motifs is 1. The molecule has 0 saturated heterocycles. The Morgan fingerprint density at radius 1 is 1.29 bits per heavy atom. The number of aromatic nitrogens is 4. The van der Waals surface area contributed by atoms with E-state index in [2.05, 4.69) is 25.5 Å². The number of amides is 2. The van der Waals surface area contributed by atoms with E-state index in [-0.39, 0.29) is 11.8 Å². The van der Waals surface area contributed by atoms with Crippen LogP contribution in [0.3, 0.4) is 0 Å². The van der Waals surface area contributed by atoms with Gasteiger partial charge < -0.3 is 15.2 Å². The molecule has 0 saturated carbocycles. The van der Waals surface area contributed by atoms with Crippen LogP contribution in [0.2, 0.25) is 0 Å². The second-order valence-electron chi connectivity index (χ2n) is 6.45. The van der Waals surface area contributed by atoms with E-state index in [1.165, 1.54) is 0 Å². The lowest BCUT2D eigenvalue weighted by molar-refractivity contribution is 0.0732. The van der Waals surface area contributed by atoms with E-state index < -0.39 is 0 Å². The molecule has 3 N–H and O–H groups in total. The van der Waals surface area contributed by atoms with Crippen molar-refractivity contribution in [3.63, 3.8) is 0 Å². The Morgan fingerprint density at radius 2 is 2.11 bits per heavy atom. The molecular formula is C19H20N6O2S. The van der Waals surface area contributed by atoms with E-state index in [4.69, 9.17) is 0 Å². The predicted octanol–water partition coefficient (Wildman–Crippen LogP) is 1.98. The maximum atomic E-state index is 12.8. The van der Waals surface area contributed by atoms with Gasteiger partial charge in [-0.1, -0.05) is 0 Å². The number of benzene rings is 1. The number of rotatable bonds is 5. The van der Waals surface area contributed by atoms with Crippen molar-refractivity contribution >= 4 is 23.6 Å². The molecule has 2 aromatic heterocycles. The Bertz CT molecular complexity index is 981. The van der Waals surface area contributed by atoms with Gasteiger partial charge >= 0.3 is 0 Å². The molecular weight excluding hydrogens is 376 g/mol. The van der Waals surface area contributed by atoms with E-state index in [1.54, 1.807) is 29.1 Å². The first kappa shape index (κ1) is 18.3. The second kappa shape index (κ2) is 7.89. The van der Waals surface area contributed by atoms with Gasteiger partial charge in [-0.3, -0.25) is 14.7 Å². The number of aromatic amines is 2. The molecule has 1 aliphatic heterocycles. The highest BCUT2D eigenvalue weighted by Crippen LogP contribution is 2.22. The van der Waals surface area contributed by atoms with E-state index in [1.807, 2.05) is 30.5 Å². The van der Waals surface area contributed by atoms with E-state index in [0.717, 1.165) is 16.2 Å². The zero-order valence-corrected chi connectivity index (χ0v) is 16.2. The maximum absolute atomic E-state index is 12.8. The molecule has 9 heteroatoms. The number of hydrogen-bond donors (Lipinski definition) is 3. The van der Waals surface area contributed by atoms with E-state index in [9.17, 15) is 9.59 Å². The molecule has 2 amide bonds. The molecule has 8 nitrogen and oxygen atoms in total. The number of carbonyl (C=O) groups is 2. The average Bonchev–Trinajstić information content (AvgIpc) is 3.41. The van der Waals surface area contributed by atoms with Crippen molar-refractivity contribution in [2.45, 2.75) is 24.4 Å². The SMILES string of the molecule is CSc1ccc(C(=O)N2CCc3c(C(=O)NCc4ncc[nH]4)n[nH]c3C2)cc1. The average molecular weight is 396 g/mol. The van der Waals surface area contributed by atoms with Gasteiger partial charge in [0.1, 0.15) is 5.82 Å². The van der Waals surface area contributed by atoms with Crippen LogP contribution in [-0.4, -0.2) is 49.7 Å². The first-order valence-corrected chi connectivity index (χ1v) is 10.1. The van der Waals surface area contributed by atoms with Crippen molar-refractivity contribution < 1.29 is 9.59 Å². The second-order valence-corrected chi connectivity index (χ2v) is 7.33. The number of thioether (sulfide) groups is 1. The number of H-pyrrole nitrogens is 2. The van der Waals surface area contributed by atoms with Crippen LogP contribution in [0.1, 0.15) is 37.9 Å². The van der Waals surface area contributed by atoms with Crippen LogP contribution in [0, 0.1) is 0 Å². The fraction of sp³-hybridized carbons (Fsp3) is 0.263. The molecule has 1 aliphatic rings. The van der Waals surface area contributed by atoms with Crippen LogP contribution < -0.4 is 5.32 Å². The van der Waals surface area contributed by atoms with Crippen molar-refractivity contribution in [1.29, 1.82) is 0 Å². The highest BCUT2D eigenvalue weighted by molar-refractivity contribution is 7.98. The van der Waals surface area contributed by atoms with Crippen molar-refractivity contribution in [2.24, 2.45) is 0 Å². The molecule has 0 atom stereocenters. The largest absolute Gasteiger partial charge is 0.347 e. The molecule has 4 rings (SSSR count). The van der Waals surface area contributed by atoms with Crippen molar-refractivity contribution in [3.8, 4) is 0 Å². The van der Waals surface area contributed by atoms with Crippen LogP contribution in [0.4, 0.5) is 0 Å². The van der Waals surface area contributed by atoms with Gasteiger partial charge in [-0.2, -0.15) is 5.10 Å². The molecule has 0 radical (unpaired) electrons. The van der Waals surface area contributed by atoms with Gasteiger partial charge in [-0.15, -0.1) is 11.8 Å². The Balaban J connectivity index is 1.43. The lowest BCUT2D eigenvalue weighted by atomic mass is 10.0. The first-order valence-electron chi connectivity index (χ1n) is 8.91. The maximum Gasteiger partial charge on any atom is 0.272 e. The minimum absolute atomic E-state index is 0.0169. The van der Waals surface area contributed by atoms with Crippen LogP contribution >= 0.6 is 11.8 Å². The summed E-state index contributed by atoms with van der Waals surface area (Å²) in [6, 6.07) is 7.60. The van der Waals surface area contributed by atoms with Crippen LogP contribution in [0.25, 0.3) is 0 Å². The van der Waals surface area contributed by atoms with Gasteiger partial charge in [-0.05, 0) is 36.9 Å². The third-order valence-corrected chi connectivity index (χ3v) is 5.49. The number of hydrogen-bond acceptors (Lipinski definition) is 5. The highest BCUT2D eigenvalue weighted by Gasteiger charge is 2.27. The Kier molecular flexibility index (Phi) is 5.16. The molecule has 0 spiro atoms. The number of carbonyl (C=O) groups excluding carboxylic acids is 2. The van der Waals surface area contributed by atoms with E-state index >= 15 is 0 Å². The molecule has 28 heavy (non-hydrogen) atoms. The summed E-state index contributed by atoms with van der Waals surface area (Å²) < 4.78 is 0. The molecule has 144 valence electrons. The van der Waals surface area contributed by atoms with Crippen LogP contribution in [-0.2, 0) is 19.5 Å². The molecule has 0 unspecified atom stereocenters. The van der Waals surface area contributed by atoms with Gasteiger partial charge in [0.05, 0.1) is 18.8 Å². The van der Waals surface area contributed by atoms with Gasteiger partial charge in [0.15, 0.2) is 5.69 Å². The minimum atomic E-state index is -0.249. The van der Waals surface area contributed by atoms with Crippen LogP contribution in [0.5, 0.6) is 0 Å². The molecule has 0 bridgehead atoms. The van der Waals surface area contributed by atoms with Gasteiger partial charge in [0.25, 0.3) is 11.8 Å². The monoisotopic (exact) mass is 396 g/mol. The summed E-state index contributed by atoms with van der Waals surface area (Å²) in [5.41, 5.74) is 2.73. The first-order chi connectivity index (χ1) is 13.7. The predicted molar refractivity (Wildman–Crippen MR) is 105 cm³/mol. The number of nitrogens with one attached hydrogen (secondary N) is 3. The fourth-order valence-electron chi connectivity index (χ4n) is 3.24. The van der Waals surface area contributed by atoms with Gasteiger partial charge in [-0.25, -0.2) is 4.98 Å². The number of imidazole rings is 1. The summed E-state index contributed by atoms with van der Waals surface area (Å²) in [5, 5.41) is 9.91. The summed E-state index contributed by atoms with van der Waals surface area (Å²) in [7, 11) is 0. The summed E-state index contributed by atoms with van der Waals surface area (Å²) >= 11 is 1.64. The zero-order valence-electron chi connectivity index (χ0n) is 15.4. The van der Waals surface area contributed by atoms with Gasteiger partial charge in [0, 0.05) is 35.0 Å². The molecule has 0 aliphatic carbocycles. The Hall–Kier alpha value is -3.07. The summed E-state index contributed by atoms with van der Waals surface area (Å²) in [6.45, 7) is 1.27. The normalized spacial score (nSPS) is 13.2. The molecule has 3 aromatic rings. The van der Waals surface area contributed by atoms with E-state index in [0.29, 0.717) is 43.1 Å². The molecule has 0 fully saturated rings. The highest BCUT2D eigenvalue weighted by atomic mass is 32.2. The quantitative estimate of drug-likeness (QED) is 0.572.